The number of unbranched alkanes of at least 4 members (excludes halogenated alkanes) is 2. The summed E-state index contributed by atoms with van der Waals surface area (Å²) < 4.78 is 10.9. The minimum absolute atomic E-state index is 0.333. The molecule has 0 N–H and O–H groups in total. The van der Waals surface area contributed by atoms with E-state index < -0.39 is 0 Å². The Bertz CT molecular complexity index is 514. The predicted molar refractivity (Wildman–Crippen MR) is 125 cm³/mol. The average Bonchev–Trinajstić information content (AvgIpc) is 2.80. The number of benzene rings is 1. The molecule has 0 aliphatic heterocycles. The molecule has 0 amide bonds. The fourth-order valence-corrected chi connectivity index (χ4v) is 3.09. The number of hydrogen-bond acceptors (Lipinski definition) is 4. The number of ether oxygens (including phenoxy) is 2. The van der Waals surface area contributed by atoms with Crippen LogP contribution in [-0.2, 0) is 9.47 Å². The van der Waals surface area contributed by atoms with Crippen molar-refractivity contribution in [2.75, 3.05) is 13.2 Å². The molecule has 0 radical (unpaired) electrons. The minimum Gasteiger partial charge on any atom is -0.462 e. The molecule has 1 aromatic rings. The molecular formula is C26H44O4. The minimum atomic E-state index is -0.333. The summed E-state index contributed by atoms with van der Waals surface area (Å²) in [5, 5.41) is 0. The van der Waals surface area contributed by atoms with Gasteiger partial charge < -0.3 is 9.47 Å². The van der Waals surface area contributed by atoms with Crippen LogP contribution in [0.2, 0.25) is 0 Å². The maximum absolute atomic E-state index is 12.2. The smallest absolute Gasteiger partial charge is 0.338 e. The SMILES string of the molecule is CC.CCCCC(CC)COC(=O)c1ccc(C(=O)OCC(CC)CCCC)cc1. The third-order valence-corrected chi connectivity index (χ3v) is 5.34. The molecule has 0 aliphatic carbocycles. The predicted octanol–water partition coefficient (Wildman–Crippen LogP) is 7.46. The number of carbonyl (C=O) groups excluding carboxylic acids is 2. The molecule has 1 aromatic carbocycles. The summed E-state index contributed by atoms with van der Waals surface area (Å²) in [7, 11) is 0. The summed E-state index contributed by atoms with van der Waals surface area (Å²) in [6.45, 7) is 13.5. The molecule has 4 nitrogen and oxygen atoms in total. The summed E-state index contributed by atoms with van der Waals surface area (Å²) in [5.41, 5.74) is 0.938. The first-order valence-corrected chi connectivity index (χ1v) is 12.0. The lowest BCUT2D eigenvalue weighted by molar-refractivity contribution is 0.0414. The molecule has 30 heavy (non-hydrogen) atoms. The fraction of sp³-hybridized carbons (Fsp3) is 0.692. The highest BCUT2D eigenvalue weighted by atomic mass is 16.5. The van der Waals surface area contributed by atoms with Crippen LogP contribution in [0.4, 0.5) is 0 Å². The van der Waals surface area contributed by atoms with Gasteiger partial charge in [0.25, 0.3) is 0 Å². The van der Waals surface area contributed by atoms with Crippen LogP contribution in [0.25, 0.3) is 0 Å². The molecular weight excluding hydrogens is 376 g/mol. The van der Waals surface area contributed by atoms with Crippen molar-refractivity contribution in [3.05, 3.63) is 35.4 Å². The van der Waals surface area contributed by atoms with Gasteiger partial charge in [-0.2, -0.15) is 0 Å². The van der Waals surface area contributed by atoms with Gasteiger partial charge in [-0.25, -0.2) is 9.59 Å². The van der Waals surface area contributed by atoms with Crippen LogP contribution in [0.5, 0.6) is 0 Å². The van der Waals surface area contributed by atoms with E-state index in [1.807, 2.05) is 13.8 Å². The monoisotopic (exact) mass is 420 g/mol. The summed E-state index contributed by atoms with van der Waals surface area (Å²) in [4.78, 5) is 24.5. The molecule has 0 aromatic heterocycles. The number of rotatable bonds is 14. The summed E-state index contributed by atoms with van der Waals surface area (Å²) in [5.74, 6) is 0.163. The Hall–Kier alpha value is -1.84. The van der Waals surface area contributed by atoms with Crippen molar-refractivity contribution < 1.29 is 19.1 Å². The van der Waals surface area contributed by atoms with Crippen molar-refractivity contribution in [1.82, 2.24) is 0 Å². The van der Waals surface area contributed by atoms with E-state index >= 15 is 0 Å². The van der Waals surface area contributed by atoms with Gasteiger partial charge in [0.05, 0.1) is 24.3 Å². The van der Waals surface area contributed by atoms with E-state index in [0.717, 1.165) is 51.4 Å². The van der Waals surface area contributed by atoms with Gasteiger partial charge in [0.2, 0.25) is 0 Å². The molecule has 172 valence electrons. The van der Waals surface area contributed by atoms with Gasteiger partial charge in [-0.1, -0.05) is 80.1 Å². The van der Waals surface area contributed by atoms with Gasteiger partial charge in [0.15, 0.2) is 0 Å². The molecule has 0 aliphatic rings. The highest BCUT2D eigenvalue weighted by Gasteiger charge is 2.15. The summed E-state index contributed by atoms with van der Waals surface area (Å²) in [6, 6.07) is 6.56. The van der Waals surface area contributed by atoms with Crippen molar-refractivity contribution in [1.29, 1.82) is 0 Å². The van der Waals surface area contributed by atoms with Gasteiger partial charge in [-0.05, 0) is 48.9 Å². The fourth-order valence-electron chi connectivity index (χ4n) is 3.09. The van der Waals surface area contributed by atoms with E-state index in [9.17, 15) is 9.59 Å². The highest BCUT2D eigenvalue weighted by molar-refractivity contribution is 5.93. The molecule has 2 unspecified atom stereocenters. The average molecular weight is 421 g/mol. The molecule has 0 bridgehead atoms. The van der Waals surface area contributed by atoms with Crippen LogP contribution in [0, 0.1) is 11.8 Å². The Morgan fingerprint density at radius 2 is 1.03 bits per heavy atom. The first-order chi connectivity index (χ1) is 14.5. The van der Waals surface area contributed by atoms with Gasteiger partial charge in [-0.15, -0.1) is 0 Å². The number of esters is 2. The van der Waals surface area contributed by atoms with Crippen molar-refractivity contribution in [2.24, 2.45) is 11.8 Å². The zero-order valence-electron chi connectivity index (χ0n) is 20.2. The first kappa shape index (κ1) is 28.2. The van der Waals surface area contributed by atoms with Crippen LogP contribution in [0.15, 0.2) is 24.3 Å². The van der Waals surface area contributed by atoms with E-state index in [-0.39, 0.29) is 11.9 Å². The Morgan fingerprint density at radius 1 is 0.700 bits per heavy atom. The first-order valence-electron chi connectivity index (χ1n) is 12.0. The van der Waals surface area contributed by atoms with Gasteiger partial charge in [-0.3, -0.25) is 0 Å². The maximum Gasteiger partial charge on any atom is 0.338 e. The second-order valence-electron chi connectivity index (χ2n) is 7.61. The molecule has 0 fully saturated rings. The summed E-state index contributed by atoms with van der Waals surface area (Å²) in [6.07, 6.45) is 8.81. The maximum atomic E-state index is 12.2. The van der Waals surface area contributed by atoms with Crippen LogP contribution in [0.3, 0.4) is 0 Å². The van der Waals surface area contributed by atoms with Crippen molar-refractivity contribution in [2.45, 2.75) is 92.9 Å². The lowest BCUT2D eigenvalue weighted by Crippen LogP contribution is -2.15. The number of carbonyl (C=O) groups is 2. The topological polar surface area (TPSA) is 52.6 Å². The third-order valence-electron chi connectivity index (χ3n) is 5.34. The Morgan fingerprint density at radius 3 is 1.30 bits per heavy atom. The highest BCUT2D eigenvalue weighted by Crippen LogP contribution is 2.16. The van der Waals surface area contributed by atoms with Gasteiger partial charge in [0.1, 0.15) is 0 Å². The molecule has 0 heterocycles. The zero-order valence-corrected chi connectivity index (χ0v) is 20.2. The lowest BCUT2D eigenvalue weighted by Gasteiger charge is -2.15. The molecule has 2 atom stereocenters. The van der Waals surface area contributed by atoms with E-state index in [1.165, 1.54) is 0 Å². The van der Waals surface area contributed by atoms with Crippen LogP contribution in [-0.4, -0.2) is 25.2 Å². The lowest BCUT2D eigenvalue weighted by atomic mass is 10.0. The van der Waals surface area contributed by atoms with E-state index in [2.05, 4.69) is 27.7 Å². The normalized spacial score (nSPS) is 12.3. The molecule has 4 heteroatoms. The number of hydrogen-bond donors (Lipinski definition) is 0. The zero-order chi connectivity index (χ0) is 22.8. The Labute approximate surface area is 184 Å². The molecule has 0 saturated carbocycles. The largest absolute Gasteiger partial charge is 0.462 e. The molecule has 0 spiro atoms. The van der Waals surface area contributed by atoms with Crippen LogP contribution >= 0.6 is 0 Å². The Kier molecular flexibility index (Phi) is 16.9. The van der Waals surface area contributed by atoms with Crippen molar-refractivity contribution in [3.63, 3.8) is 0 Å². The van der Waals surface area contributed by atoms with Crippen molar-refractivity contribution in [3.8, 4) is 0 Å². The summed E-state index contributed by atoms with van der Waals surface area (Å²) >= 11 is 0. The molecule has 1 rings (SSSR count). The quantitative estimate of drug-likeness (QED) is 0.293. The van der Waals surface area contributed by atoms with Gasteiger partial charge in [0, 0.05) is 0 Å². The van der Waals surface area contributed by atoms with Gasteiger partial charge >= 0.3 is 11.9 Å². The standard InChI is InChI=1S/C24H38O4.C2H6/c1-5-9-11-19(7-3)17-27-23(25)21-13-15-22(16-14-21)24(26)28-18-20(8-4)12-10-6-2;1-2/h13-16,19-20H,5-12,17-18H2,1-4H3;1-2H3. The van der Waals surface area contributed by atoms with Crippen molar-refractivity contribution >= 4 is 11.9 Å². The van der Waals surface area contributed by atoms with E-state index in [4.69, 9.17) is 9.47 Å². The van der Waals surface area contributed by atoms with E-state index in [0.29, 0.717) is 36.2 Å². The molecule has 0 saturated heterocycles. The van der Waals surface area contributed by atoms with E-state index in [1.54, 1.807) is 24.3 Å². The Balaban J connectivity index is 0.00000407. The second kappa shape index (κ2) is 18.0. The third kappa shape index (κ3) is 11.4. The van der Waals surface area contributed by atoms with Crippen LogP contribution < -0.4 is 0 Å². The second-order valence-corrected chi connectivity index (χ2v) is 7.61. The van der Waals surface area contributed by atoms with Crippen LogP contribution in [0.1, 0.15) is 114 Å².